The van der Waals surface area contributed by atoms with Gasteiger partial charge in [-0.15, -0.1) is 11.3 Å². The molecule has 1 aliphatic carbocycles. The lowest BCUT2D eigenvalue weighted by molar-refractivity contribution is 1.09. The van der Waals surface area contributed by atoms with E-state index in [0.717, 1.165) is 17.2 Å². The maximum absolute atomic E-state index is 5.13. The highest BCUT2D eigenvalue weighted by Crippen LogP contribution is 2.49. The third-order valence-corrected chi connectivity index (χ3v) is 8.91. The minimum Gasteiger partial charge on any atom is -0.357 e. The number of allylic oxidation sites excluding steroid dienone is 2. The lowest BCUT2D eigenvalue weighted by atomic mass is 10.0. The lowest BCUT2D eigenvalue weighted by Gasteiger charge is -2.23. The van der Waals surface area contributed by atoms with Crippen molar-refractivity contribution in [2.45, 2.75) is 6.04 Å². The van der Waals surface area contributed by atoms with Crippen molar-refractivity contribution in [1.29, 1.82) is 0 Å². The van der Waals surface area contributed by atoms with Gasteiger partial charge >= 0.3 is 0 Å². The maximum Gasteiger partial charge on any atom is 0.139 e. The summed E-state index contributed by atoms with van der Waals surface area (Å²) < 4.78 is 5.10. The lowest BCUT2D eigenvalue weighted by Crippen LogP contribution is -2.30. The van der Waals surface area contributed by atoms with Crippen LogP contribution in [0.15, 0.2) is 108 Å². The van der Waals surface area contributed by atoms with Gasteiger partial charge < -0.3 is 5.32 Å². The van der Waals surface area contributed by atoms with Gasteiger partial charge in [-0.1, -0.05) is 91.0 Å². The van der Waals surface area contributed by atoms with Crippen molar-refractivity contribution in [3.05, 3.63) is 103 Å². The Hall–Kier alpha value is -4.41. The van der Waals surface area contributed by atoms with Crippen molar-refractivity contribution in [1.82, 2.24) is 4.40 Å². The Morgan fingerprint density at radius 2 is 1.56 bits per heavy atom. The number of nitrogens with zero attached hydrogens (tertiary/aromatic N) is 2. The Bertz CT molecular complexity index is 2120. The molecule has 168 valence electrons. The molecular formula is C32H19N3S. The standard InChI is InChI=1S/C32H19N3S/c1-2-7-18(8-3-1)19-13-14-20-23-16-15-22-21-9-6-10-24-28-32(34-26-12-5-4-11-25(26)33-28)35(29(21)24)30(22)31(23)36-27(20)17-19/h1-17,26,34H. The molecule has 2 aliphatic rings. The Balaban J connectivity index is 1.41. The molecule has 0 fully saturated rings. The van der Waals surface area contributed by atoms with Crippen molar-refractivity contribution in [2.24, 2.45) is 4.99 Å². The minimum atomic E-state index is 0.102. The van der Waals surface area contributed by atoms with Crippen molar-refractivity contribution < 1.29 is 0 Å². The Labute approximate surface area is 210 Å². The molecule has 1 aliphatic heterocycles. The minimum absolute atomic E-state index is 0.102. The van der Waals surface area contributed by atoms with Gasteiger partial charge in [0.05, 0.1) is 27.5 Å². The second-order valence-electron chi connectivity index (χ2n) is 9.65. The van der Waals surface area contributed by atoms with Gasteiger partial charge in [0.1, 0.15) is 11.5 Å². The molecule has 0 spiro atoms. The van der Waals surface area contributed by atoms with E-state index in [1.807, 2.05) is 11.3 Å². The summed E-state index contributed by atoms with van der Waals surface area (Å²) in [5.41, 5.74) is 7.18. The average Bonchev–Trinajstić information content (AvgIpc) is 3.58. The first-order valence-electron chi connectivity index (χ1n) is 12.3. The number of rotatable bonds is 1. The quantitative estimate of drug-likeness (QED) is 0.252. The van der Waals surface area contributed by atoms with Crippen LogP contribution in [0.3, 0.4) is 0 Å². The molecule has 0 amide bonds. The average molecular weight is 478 g/mol. The predicted molar refractivity (Wildman–Crippen MR) is 155 cm³/mol. The summed E-state index contributed by atoms with van der Waals surface area (Å²) in [6, 6.07) is 28.9. The number of benzene rings is 4. The summed E-state index contributed by atoms with van der Waals surface area (Å²) in [6.07, 6.45) is 8.47. The molecule has 4 heterocycles. The normalized spacial score (nSPS) is 16.8. The number of hydrogen-bond acceptors (Lipinski definition) is 3. The topological polar surface area (TPSA) is 28.8 Å². The van der Waals surface area contributed by atoms with E-state index < -0.39 is 0 Å². The number of aromatic nitrogens is 1. The van der Waals surface area contributed by atoms with E-state index in [1.165, 1.54) is 58.5 Å². The van der Waals surface area contributed by atoms with Crippen LogP contribution in [0.5, 0.6) is 0 Å². The van der Waals surface area contributed by atoms with Crippen molar-refractivity contribution in [3.63, 3.8) is 0 Å². The summed E-state index contributed by atoms with van der Waals surface area (Å²) in [6.45, 7) is 0. The van der Waals surface area contributed by atoms with Crippen LogP contribution in [0.2, 0.25) is 0 Å². The summed E-state index contributed by atoms with van der Waals surface area (Å²) in [4.78, 5) is 5.13. The number of fused-ring (bicyclic) bond motifs is 11. The number of thiophene rings is 1. The van der Waals surface area contributed by atoms with E-state index in [1.54, 1.807) is 0 Å². The van der Waals surface area contributed by atoms with Gasteiger partial charge in [-0.25, -0.2) is 4.99 Å². The molecule has 4 heteroatoms. The highest BCUT2D eigenvalue weighted by molar-refractivity contribution is 7.26. The van der Waals surface area contributed by atoms with E-state index in [0.29, 0.717) is 0 Å². The largest absolute Gasteiger partial charge is 0.357 e. The fourth-order valence-electron chi connectivity index (χ4n) is 6.12. The molecule has 1 unspecified atom stereocenters. The highest BCUT2D eigenvalue weighted by Gasteiger charge is 2.29. The Kier molecular flexibility index (Phi) is 3.47. The van der Waals surface area contributed by atoms with Gasteiger partial charge in [0.15, 0.2) is 0 Å². The number of aliphatic imine (C=N–C) groups is 1. The molecule has 7 aromatic rings. The molecule has 36 heavy (non-hydrogen) atoms. The molecule has 9 rings (SSSR count). The first-order valence-corrected chi connectivity index (χ1v) is 13.1. The summed E-state index contributed by atoms with van der Waals surface area (Å²) >= 11 is 1.90. The van der Waals surface area contributed by atoms with E-state index in [2.05, 4.69) is 113 Å². The summed E-state index contributed by atoms with van der Waals surface area (Å²) in [7, 11) is 0. The van der Waals surface area contributed by atoms with Crippen LogP contribution in [0.1, 0.15) is 0 Å². The van der Waals surface area contributed by atoms with Crippen LogP contribution >= 0.6 is 11.3 Å². The van der Waals surface area contributed by atoms with Crippen LogP contribution in [0.25, 0.3) is 58.5 Å². The van der Waals surface area contributed by atoms with Crippen LogP contribution < -0.4 is 5.32 Å². The van der Waals surface area contributed by atoms with E-state index in [-0.39, 0.29) is 6.04 Å². The third kappa shape index (κ3) is 2.30. The predicted octanol–water partition coefficient (Wildman–Crippen LogP) is 8.71. The SMILES string of the molecule is C1=CC2=Nc3c(n4c5c3cccc5c3ccc5c6ccc(-c7ccccc7)cc6sc5c34)NC2C=C1. The van der Waals surface area contributed by atoms with Gasteiger partial charge in [-0.2, -0.15) is 0 Å². The zero-order valence-electron chi connectivity index (χ0n) is 19.2. The molecule has 1 atom stereocenters. The second kappa shape index (κ2) is 6.62. The Morgan fingerprint density at radius 1 is 0.722 bits per heavy atom. The van der Waals surface area contributed by atoms with Crippen LogP contribution in [-0.2, 0) is 0 Å². The van der Waals surface area contributed by atoms with E-state index >= 15 is 0 Å². The fraction of sp³-hybridized carbons (Fsp3) is 0.0312. The van der Waals surface area contributed by atoms with Crippen molar-refractivity contribution >= 4 is 75.9 Å². The number of anilines is 1. The van der Waals surface area contributed by atoms with Gasteiger partial charge in [0, 0.05) is 31.6 Å². The molecule has 3 nitrogen and oxygen atoms in total. The maximum atomic E-state index is 5.13. The molecule has 0 saturated carbocycles. The van der Waals surface area contributed by atoms with Crippen LogP contribution in [0.4, 0.5) is 11.5 Å². The number of nitrogens with one attached hydrogen (secondary N) is 1. The fourth-order valence-corrected chi connectivity index (χ4v) is 7.40. The van der Waals surface area contributed by atoms with Gasteiger partial charge in [-0.05, 0) is 23.3 Å². The smallest absolute Gasteiger partial charge is 0.139 e. The van der Waals surface area contributed by atoms with Gasteiger partial charge in [-0.3, -0.25) is 4.40 Å². The third-order valence-electron chi connectivity index (χ3n) is 7.73. The van der Waals surface area contributed by atoms with Gasteiger partial charge in [0.25, 0.3) is 0 Å². The van der Waals surface area contributed by atoms with E-state index in [9.17, 15) is 0 Å². The molecule has 0 saturated heterocycles. The first-order chi connectivity index (χ1) is 17.8. The molecule has 0 radical (unpaired) electrons. The van der Waals surface area contributed by atoms with Gasteiger partial charge in [0.2, 0.25) is 0 Å². The molecule has 0 bridgehead atoms. The molecule has 3 aromatic heterocycles. The summed E-state index contributed by atoms with van der Waals surface area (Å²) in [5, 5.41) is 10.2. The monoisotopic (exact) mass is 477 g/mol. The molecule has 4 aromatic carbocycles. The highest BCUT2D eigenvalue weighted by atomic mass is 32.1. The molecule has 1 N–H and O–H groups in total. The summed E-state index contributed by atoms with van der Waals surface area (Å²) in [5.74, 6) is 1.10. The first kappa shape index (κ1) is 18.9. The zero-order valence-corrected chi connectivity index (χ0v) is 20.0. The number of hydrogen-bond donors (Lipinski definition) is 1. The van der Waals surface area contributed by atoms with Crippen molar-refractivity contribution in [3.8, 4) is 11.1 Å². The van der Waals surface area contributed by atoms with E-state index in [4.69, 9.17) is 4.99 Å². The second-order valence-corrected chi connectivity index (χ2v) is 10.7. The van der Waals surface area contributed by atoms with Crippen LogP contribution in [-0.4, -0.2) is 16.2 Å². The van der Waals surface area contributed by atoms with Crippen molar-refractivity contribution in [2.75, 3.05) is 5.32 Å². The molecular weight excluding hydrogens is 458 g/mol. The van der Waals surface area contributed by atoms with Crippen LogP contribution in [0, 0.1) is 0 Å². The zero-order chi connectivity index (χ0) is 23.4. The number of para-hydroxylation sites is 1. The Morgan fingerprint density at radius 3 is 2.50 bits per heavy atom.